The van der Waals surface area contributed by atoms with Gasteiger partial charge in [0.15, 0.2) is 0 Å². The summed E-state index contributed by atoms with van der Waals surface area (Å²) in [6.45, 7) is 2.20. The van der Waals surface area contributed by atoms with Crippen LogP contribution in [0.3, 0.4) is 0 Å². The number of benzene rings is 2. The summed E-state index contributed by atoms with van der Waals surface area (Å²) in [6.07, 6.45) is 8.17. The third-order valence-corrected chi connectivity index (χ3v) is 11.4. The topological polar surface area (TPSA) is 98.8 Å². The third kappa shape index (κ3) is 8.97. The van der Waals surface area contributed by atoms with E-state index >= 15 is 0 Å². The molecule has 0 saturated carbocycles. The molecule has 0 unspecified atom stereocenters. The number of carbonyl (C=O) groups is 2. The van der Waals surface area contributed by atoms with Crippen molar-refractivity contribution < 1.29 is 18.0 Å². The van der Waals surface area contributed by atoms with Crippen LogP contribution in [0.2, 0.25) is 0 Å². The Balaban J connectivity index is 1.24. The lowest BCUT2D eigenvalue weighted by atomic mass is 9.98. The number of piperidine rings is 2. The number of carbonyl (C=O) groups excluding carboxylic acids is 2. The molecule has 4 rings (SSSR count). The summed E-state index contributed by atoms with van der Waals surface area (Å²) in [6, 6.07) is 16.6. The van der Waals surface area contributed by atoms with Crippen molar-refractivity contribution in [3.8, 4) is 0 Å². The Morgan fingerprint density at radius 3 is 1.49 bits per heavy atom. The minimum Gasteiger partial charge on any atom is -0.355 e. The lowest BCUT2D eigenvalue weighted by molar-refractivity contribution is -0.126. The van der Waals surface area contributed by atoms with Gasteiger partial charge in [-0.25, -0.2) is 0 Å². The first kappa shape index (κ1) is 31.9. The Labute approximate surface area is 253 Å². The van der Waals surface area contributed by atoms with E-state index in [1.165, 1.54) is 18.4 Å². The molecule has 2 aliphatic heterocycles. The maximum absolute atomic E-state index is 13.6. The van der Waals surface area contributed by atoms with Gasteiger partial charge in [0.25, 0.3) is 10.2 Å². The van der Waals surface area contributed by atoms with Crippen molar-refractivity contribution in [3.05, 3.63) is 59.7 Å². The van der Waals surface area contributed by atoms with Crippen LogP contribution in [0.4, 0.5) is 0 Å². The van der Waals surface area contributed by atoms with E-state index in [0.717, 1.165) is 24.0 Å². The smallest absolute Gasteiger partial charge is 0.282 e. The van der Waals surface area contributed by atoms with Crippen molar-refractivity contribution in [1.29, 1.82) is 0 Å². The van der Waals surface area contributed by atoms with Crippen LogP contribution in [-0.2, 0) is 32.6 Å². The second-order valence-electron chi connectivity index (χ2n) is 10.7. The van der Waals surface area contributed by atoms with Crippen molar-refractivity contribution in [1.82, 2.24) is 19.2 Å². The molecular formula is C30H42N4O4S3. The van der Waals surface area contributed by atoms with Gasteiger partial charge in [0.05, 0.1) is 11.8 Å². The third-order valence-electron chi connectivity index (χ3n) is 7.91. The highest BCUT2D eigenvalue weighted by Gasteiger charge is 2.39. The number of hydrogen-bond acceptors (Lipinski definition) is 6. The fraction of sp³-hybridized carbons (Fsp3) is 0.533. The fourth-order valence-corrected chi connectivity index (χ4v) is 8.03. The molecule has 2 atom stereocenters. The molecule has 2 aromatic rings. The number of thioether (sulfide) groups is 2. The number of nitrogens with zero attached hydrogens (tertiary/aromatic N) is 2. The van der Waals surface area contributed by atoms with Crippen LogP contribution in [0.15, 0.2) is 58.3 Å². The van der Waals surface area contributed by atoms with Gasteiger partial charge in [-0.1, -0.05) is 24.3 Å². The lowest BCUT2D eigenvalue weighted by Crippen LogP contribution is -2.54. The van der Waals surface area contributed by atoms with Crippen LogP contribution in [0, 0.1) is 11.8 Å². The van der Waals surface area contributed by atoms with Gasteiger partial charge in [0.2, 0.25) is 11.8 Å². The molecule has 8 nitrogen and oxygen atoms in total. The molecule has 0 bridgehead atoms. The van der Waals surface area contributed by atoms with E-state index in [1.807, 2.05) is 12.5 Å². The molecule has 0 aromatic heterocycles. The Morgan fingerprint density at radius 1 is 0.732 bits per heavy atom. The van der Waals surface area contributed by atoms with E-state index in [1.54, 1.807) is 23.5 Å². The maximum Gasteiger partial charge on any atom is 0.282 e. The first-order chi connectivity index (χ1) is 19.8. The van der Waals surface area contributed by atoms with Crippen LogP contribution < -0.4 is 10.6 Å². The van der Waals surface area contributed by atoms with E-state index in [4.69, 9.17) is 0 Å². The first-order valence-electron chi connectivity index (χ1n) is 14.4. The molecule has 0 aliphatic carbocycles. The largest absolute Gasteiger partial charge is 0.355 e. The molecule has 2 saturated heterocycles. The Bertz CT molecular complexity index is 1160. The molecule has 2 aromatic carbocycles. The molecule has 41 heavy (non-hydrogen) atoms. The van der Waals surface area contributed by atoms with Gasteiger partial charge in [-0.15, -0.1) is 23.5 Å². The lowest BCUT2D eigenvalue weighted by Gasteiger charge is -2.38. The first-order valence-corrected chi connectivity index (χ1v) is 18.2. The molecular weight excluding hydrogens is 577 g/mol. The van der Waals surface area contributed by atoms with E-state index in [2.05, 4.69) is 59.2 Å². The van der Waals surface area contributed by atoms with E-state index in [9.17, 15) is 18.0 Å². The van der Waals surface area contributed by atoms with Crippen molar-refractivity contribution >= 4 is 45.5 Å². The summed E-state index contributed by atoms with van der Waals surface area (Å²) in [5, 5.41) is 6.01. The standard InChI is InChI=1S/C30H42N4O4S3/c1-39-27-11-7-23(8-12-27)15-17-31-29(35)25-5-3-19-33(21-25)41(37,38)34-20-4-6-26(22-34)30(36)32-18-16-24-9-13-28(40-2)14-10-24/h7-14,25-26H,3-6,15-22H2,1-2H3,(H,31,35)(H,32,36)/t25-,26-/m0/s1. The summed E-state index contributed by atoms with van der Waals surface area (Å²) in [5.74, 6) is -0.924. The molecule has 11 heteroatoms. The van der Waals surface area contributed by atoms with Crippen LogP contribution in [-0.4, -0.2) is 80.6 Å². The normalized spacial score (nSPS) is 20.4. The molecule has 2 amide bonds. The molecule has 224 valence electrons. The highest BCUT2D eigenvalue weighted by molar-refractivity contribution is 7.98. The molecule has 0 radical (unpaired) electrons. The fourth-order valence-electron chi connectivity index (χ4n) is 5.43. The van der Waals surface area contributed by atoms with Gasteiger partial charge in [-0.2, -0.15) is 17.0 Å². The Hall–Kier alpha value is -2.05. The molecule has 2 N–H and O–H groups in total. The quantitative estimate of drug-likeness (QED) is 0.351. The van der Waals surface area contributed by atoms with E-state index < -0.39 is 10.2 Å². The van der Waals surface area contributed by atoms with Crippen molar-refractivity contribution in [2.75, 3.05) is 51.8 Å². The van der Waals surface area contributed by atoms with Gasteiger partial charge in [-0.3, -0.25) is 9.59 Å². The predicted molar refractivity (Wildman–Crippen MR) is 167 cm³/mol. The summed E-state index contributed by atoms with van der Waals surface area (Å²) in [5.41, 5.74) is 2.31. The molecule has 2 heterocycles. The van der Waals surface area contributed by atoms with Crippen molar-refractivity contribution in [3.63, 3.8) is 0 Å². The summed E-state index contributed by atoms with van der Waals surface area (Å²) < 4.78 is 30.0. The van der Waals surface area contributed by atoms with Crippen LogP contribution in [0.5, 0.6) is 0 Å². The number of hydrogen-bond donors (Lipinski definition) is 2. The minimum absolute atomic E-state index is 0.0929. The second-order valence-corrected chi connectivity index (χ2v) is 14.4. The zero-order valence-corrected chi connectivity index (χ0v) is 26.5. The average molecular weight is 619 g/mol. The SMILES string of the molecule is CSc1ccc(CCNC(=O)[C@H]2CCCN(S(=O)(=O)N3CCC[C@H](C(=O)NCCc4ccc(SC)cc4)C3)C2)cc1. The number of rotatable bonds is 12. The minimum atomic E-state index is -3.76. The monoisotopic (exact) mass is 618 g/mol. The zero-order chi connectivity index (χ0) is 29.2. The van der Waals surface area contributed by atoms with Crippen molar-refractivity contribution in [2.45, 2.75) is 48.3 Å². The zero-order valence-electron chi connectivity index (χ0n) is 24.0. The molecule has 0 spiro atoms. The predicted octanol–water partition coefficient (Wildman–Crippen LogP) is 3.82. The van der Waals surface area contributed by atoms with E-state index in [-0.39, 0.29) is 36.7 Å². The van der Waals surface area contributed by atoms with Gasteiger partial charge in [0, 0.05) is 49.1 Å². The summed E-state index contributed by atoms with van der Waals surface area (Å²) in [4.78, 5) is 28.2. The number of nitrogens with one attached hydrogen (secondary N) is 2. The summed E-state index contributed by atoms with van der Waals surface area (Å²) in [7, 11) is -3.76. The van der Waals surface area contributed by atoms with Crippen LogP contribution >= 0.6 is 23.5 Å². The second kappa shape index (κ2) is 15.4. The number of amides is 2. The van der Waals surface area contributed by atoms with Gasteiger partial charge >= 0.3 is 0 Å². The van der Waals surface area contributed by atoms with Crippen LogP contribution in [0.25, 0.3) is 0 Å². The van der Waals surface area contributed by atoms with Gasteiger partial charge in [-0.05, 0) is 86.4 Å². The van der Waals surface area contributed by atoms with Gasteiger partial charge < -0.3 is 10.6 Å². The Kier molecular flexibility index (Phi) is 12.0. The average Bonchev–Trinajstić information content (AvgIpc) is 3.01. The highest BCUT2D eigenvalue weighted by Crippen LogP contribution is 2.26. The summed E-state index contributed by atoms with van der Waals surface area (Å²) >= 11 is 3.39. The van der Waals surface area contributed by atoms with Crippen molar-refractivity contribution in [2.24, 2.45) is 11.8 Å². The molecule has 2 aliphatic rings. The maximum atomic E-state index is 13.6. The van der Waals surface area contributed by atoms with Gasteiger partial charge in [0.1, 0.15) is 0 Å². The Morgan fingerprint density at radius 2 is 1.12 bits per heavy atom. The van der Waals surface area contributed by atoms with E-state index in [0.29, 0.717) is 51.9 Å². The van der Waals surface area contributed by atoms with Crippen LogP contribution in [0.1, 0.15) is 36.8 Å². The molecule has 2 fully saturated rings. The highest BCUT2D eigenvalue weighted by atomic mass is 32.2.